The van der Waals surface area contributed by atoms with Crippen molar-refractivity contribution in [2.75, 3.05) is 12.4 Å². The van der Waals surface area contributed by atoms with E-state index >= 15 is 0 Å². The van der Waals surface area contributed by atoms with Gasteiger partial charge in [0.15, 0.2) is 0 Å². The summed E-state index contributed by atoms with van der Waals surface area (Å²) in [6.07, 6.45) is 0. The number of nitrogens with one attached hydrogen (secondary N) is 1. The average molecular weight is 392 g/mol. The van der Waals surface area contributed by atoms with E-state index < -0.39 is 17.3 Å². The van der Waals surface area contributed by atoms with Crippen molar-refractivity contribution in [1.29, 1.82) is 0 Å². The van der Waals surface area contributed by atoms with Crippen molar-refractivity contribution in [2.45, 2.75) is 0 Å². The summed E-state index contributed by atoms with van der Waals surface area (Å²) < 4.78 is 24.5. The molecule has 0 aliphatic rings. The molecule has 0 bridgehead atoms. The van der Waals surface area contributed by atoms with Gasteiger partial charge in [0, 0.05) is 15.9 Å². The molecular weight excluding hydrogens is 381 g/mol. The summed E-state index contributed by atoms with van der Waals surface area (Å²) in [5.41, 5.74) is -0.760. The number of methoxy groups -OCH3 is 1. The Morgan fingerprint density at radius 1 is 1.21 bits per heavy atom. The third-order valence-corrected chi connectivity index (χ3v) is 3.86. The highest BCUT2D eigenvalue weighted by atomic mass is 79.9. The Bertz CT molecular complexity index is 1000. The largest absolute Gasteiger partial charge is 0.497 e. The fourth-order valence-electron chi connectivity index (χ4n) is 2.16. The summed E-state index contributed by atoms with van der Waals surface area (Å²) in [6, 6.07) is 10.5. The van der Waals surface area contributed by atoms with E-state index in [1.165, 1.54) is 25.3 Å². The van der Waals surface area contributed by atoms with Crippen LogP contribution in [0.4, 0.5) is 10.1 Å². The molecule has 0 atom stereocenters. The predicted molar refractivity (Wildman–Crippen MR) is 91.1 cm³/mol. The van der Waals surface area contributed by atoms with Gasteiger partial charge in [0.2, 0.25) is 0 Å². The molecule has 1 N–H and O–H groups in total. The fourth-order valence-corrected chi connectivity index (χ4v) is 2.49. The number of ether oxygens (including phenoxy) is 1. The first kappa shape index (κ1) is 16.2. The molecule has 122 valence electrons. The van der Waals surface area contributed by atoms with E-state index in [2.05, 4.69) is 21.2 Å². The van der Waals surface area contributed by atoms with Crippen LogP contribution in [0.25, 0.3) is 11.0 Å². The number of benzene rings is 2. The van der Waals surface area contributed by atoms with E-state index in [1.807, 2.05) is 0 Å². The summed E-state index contributed by atoms with van der Waals surface area (Å²) in [6.45, 7) is 0. The van der Waals surface area contributed by atoms with Crippen molar-refractivity contribution in [3.63, 3.8) is 0 Å². The highest BCUT2D eigenvalue weighted by Crippen LogP contribution is 2.22. The molecule has 0 aliphatic heterocycles. The summed E-state index contributed by atoms with van der Waals surface area (Å²) in [7, 11) is 1.49. The van der Waals surface area contributed by atoms with Crippen LogP contribution in [-0.4, -0.2) is 13.0 Å². The maximum absolute atomic E-state index is 13.8. The molecular formula is C17H11BrFNO4. The maximum atomic E-state index is 13.8. The molecule has 0 aliphatic carbocycles. The van der Waals surface area contributed by atoms with Crippen molar-refractivity contribution in [1.82, 2.24) is 0 Å². The lowest BCUT2D eigenvalue weighted by atomic mass is 10.1. The zero-order chi connectivity index (χ0) is 17.3. The van der Waals surface area contributed by atoms with E-state index in [-0.39, 0.29) is 11.3 Å². The minimum absolute atomic E-state index is 0.0302. The van der Waals surface area contributed by atoms with Gasteiger partial charge >= 0.3 is 5.63 Å². The SMILES string of the molecule is COc1ccc2cc(C(=O)Nc3ccc(Br)cc3F)c(=O)oc2c1. The lowest BCUT2D eigenvalue weighted by molar-refractivity contribution is 0.102. The second-order valence-electron chi connectivity index (χ2n) is 4.93. The molecule has 1 amide bonds. The molecule has 1 aromatic heterocycles. The monoisotopic (exact) mass is 391 g/mol. The van der Waals surface area contributed by atoms with Crippen LogP contribution in [0, 0.1) is 5.82 Å². The molecule has 5 nitrogen and oxygen atoms in total. The van der Waals surface area contributed by atoms with Gasteiger partial charge < -0.3 is 14.5 Å². The first-order valence-electron chi connectivity index (χ1n) is 6.86. The normalized spacial score (nSPS) is 10.6. The van der Waals surface area contributed by atoms with Crippen LogP contribution < -0.4 is 15.7 Å². The zero-order valence-corrected chi connectivity index (χ0v) is 14.0. The van der Waals surface area contributed by atoms with Crippen LogP contribution in [0.15, 0.2) is 56.1 Å². The molecule has 0 radical (unpaired) electrons. The standard InChI is InChI=1S/C17H11BrFNO4/c1-23-11-4-2-9-6-12(17(22)24-15(9)8-11)16(21)20-14-5-3-10(18)7-13(14)19/h2-8H,1H3,(H,20,21). The Hall–Kier alpha value is -2.67. The first-order valence-corrected chi connectivity index (χ1v) is 7.65. The molecule has 0 fully saturated rings. The van der Waals surface area contributed by atoms with Crippen molar-refractivity contribution in [3.8, 4) is 5.75 Å². The summed E-state index contributed by atoms with van der Waals surface area (Å²) in [5, 5.41) is 2.91. The third kappa shape index (κ3) is 3.16. The molecule has 3 aromatic rings. The van der Waals surface area contributed by atoms with Gasteiger partial charge in [-0.1, -0.05) is 15.9 Å². The van der Waals surface area contributed by atoms with Crippen LogP contribution in [0.2, 0.25) is 0 Å². The first-order chi connectivity index (χ1) is 11.5. The van der Waals surface area contributed by atoms with Gasteiger partial charge in [-0.15, -0.1) is 0 Å². The average Bonchev–Trinajstić information content (AvgIpc) is 2.56. The molecule has 3 rings (SSSR count). The van der Waals surface area contributed by atoms with Crippen LogP contribution in [0.5, 0.6) is 5.75 Å². The highest BCUT2D eigenvalue weighted by molar-refractivity contribution is 9.10. The minimum Gasteiger partial charge on any atom is -0.497 e. The maximum Gasteiger partial charge on any atom is 0.349 e. The quantitative estimate of drug-likeness (QED) is 0.686. The number of carbonyl (C=O) groups is 1. The molecule has 0 saturated heterocycles. The Morgan fingerprint density at radius 2 is 2.00 bits per heavy atom. The number of rotatable bonds is 3. The Kier molecular flexibility index (Phi) is 4.35. The van der Waals surface area contributed by atoms with E-state index in [4.69, 9.17) is 9.15 Å². The lowest BCUT2D eigenvalue weighted by Crippen LogP contribution is -2.21. The molecule has 1 heterocycles. The van der Waals surface area contributed by atoms with Gasteiger partial charge in [-0.05, 0) is 36.4 Å². The predicted octanol–water partition coefficient (Wildman–Crippen LogP) is 3.96. The number of hydrogen-bond acceptors (Lipinski definition) is 4. The summed E-state index contributed by atoms with van der Waals surface area (Å²) >= 11 is 3.13. The van der Waals surface area contributed by atoms with Crippen LogP contribution in [0.1, 0.15) is 10.4 Å². The molecule has 2 aromatic carbocycles. The second kappa shape index (κ2) is 6.45. The van der Waals surface area contributed by atoms with Crippen molar-refractivity contribution >= 4 is 38.5 Å². The van der Waals surface area contributed by atoms with Gasteiger partial charge in [-0.25, -0.2) is 9.18 Å². The van der Waals surface area contributed by atoms with E-state index in [0.717, 1.165) is 0 Å². The molecule has 7 heteroatoms. The fraction of sp³-hybridized carbons (Fsp3) is 0.0588. The Labute approximate surface area is 144 Å². The number of halogens is 2. The summed E-state index contributed by atoms with van der Waals surface area (Å²) in [4.78, 5) is 24.3. The minimum atomic E-state index is -0.814. The molecule has 0 saturated carbocycles. The van der Waals surface area contributed by atoms with Gasteiger partial charge in [0.1, 0.15) is 22.7 Å². The van der Waals surface area contributed by atoms with E-state index in [0.29, 0.717) is 21.2 Å². The van der Waals surface area contributed by atoms with Crippen molar-refractivity contribution in [3.05, 3.63) is 68.7 Å². The van der Waals surface area contributed by atoms with Crippen molar-refractivity contribution < 1.29 is 18.3 Å². The molecule has 0 unspecified atom stereocenters. The lowest BCUT2D eigenvalue weighted by Gasteiger charge is -2.07. The molecule has 0 spiro atoms. The van der Waals surface area contributed by atoms with Crippen molar-refractivity contribution in [2.24, 2.45) is 0 Å². The Morgan fingerprint density at radius 3 is 2.71 bits per heavy atom. The van der Waals surface area contributed by atoms with Crippen LogP contribution >= 0.6 is 15.9 Å². The second-order valence-corrected chi connectivity index (χ2v) is 5.85. The third-order valence-electron chi connectivity index (χ3n) is 3.37. The van der Waals surface area contributed by atoms with Crippen LogP contribution in [0.3, 0.4) is 0 Å². The molecule has 24 heavy (non-hydrogen) atoms. The number of amides is 1. The van der Waals surface area contributed by atoms with Gasteiger partial charge in [-0.2, -0.15) is 0 Å². The number of fused-ring (bicyclic) bond motifs is 1. The smallest absolute Gasteiger partial charge is 0.349 e. The Balaban J connectivity index is 1.97. The number of anilines is 1. The van der Waals surface area contributed by atoms with Gasteiger partial charge in [-0.3, -0.25) is 4.79 Å². The van der Waals surface area contributed by atoms with E-state index in [9.17, 15) is 14.0 Å². The zero-order valence-electron chi connectivity index (χ0n) is 12.4. The number of carbonyl (C=O) groups excluding carboxylic acids is 1. The van der Waals surface area contributed by atoms with E-state index in [1.54, 1.807) is 24.3 Å². The van der Waals surface area contributed by atoms with Gasteiger partial charge in [0.25, 0.3) is 5.91 Å². The van der Waals surface area contributed by atoms with Gasteiger partial charge in [0.05, 0.1) is 12.8 Å². The number of hydrogen-bond donors (Lipinski definition) is 1. The van der Waals surface area contributed by atoms with Crippen LogP contribution in [-0.2, 0) is 0 Å². The summed E-state index contributed by atoms with van der Waals surface area (Å²) in [5.74, 6) is -0.838. The highest BCUT2D eigenvalue weighted by Gasteiger charge is 2.16. The topological polar surface area (TPSA) is 68.5 Å².